The number of halogens is 1. The summed E-state index contributed by atoms with van der Waals surface area (Å²) in [6, 6.07) is 17.3. The molecule has 3 aromatic carbocycles. The first kappa shape index (κ1) is 18.8. The van der Waals surface area contributed by atoms with Gasteiger partial charge in [0.25, 0.3) is 5.91 Å². The van der Waals surface area contributed by atoms with E-state index in [9.17, 15) is 9.90 Å². The van der Waals surface area contributed by atoms with Crippen molar-refractivity contribution in [1.82, 2.24) is 4.98 Å². The number of rotatable bonds is 3. The number of nitrogens with one attached hydrogen (secondary N) is 1. The fourth-order valence-corrected chi connectivity index (χ4v) is 4.66. The standard InChI is InChI=1S/C24H22ClN3O2/c1-27(2)16-7-8-19-14(9-16)10-20(26-19)24(30)28-13-15(12-25)23-18-6-4-3-5-17(18)22(29)11-21(23)28/h3-11,15,26,29H,12-13H2,1-2H3/t15-/m1/s1. The Bertz CT molecular complexity index is 1290. The molecule has 6 heteroatoms. The van der Waals surface area contributed by atoms with Crippen molar-refractivity contribution in [2.45, 2.75) is 5.92 Å². The summed E-state index contributed by atoms with van der Waals surface area (Å²) in [5.74, 6) is 0.469. The molecule has 1 aliphatic heterocycles. The van der Waals surface area contributed by atoms with E-state index in [1.807, 2.05) is 61.5 Å². The first-order valence-electron chi connectivity index (χ1n) is 9.90. The number of H-pyrrole nitrogens is 1. The van der Waals surface area contributed by atoms with Crippen molar-refractivity contribution in [2.24, 2.45) is 0 Å². The predicted molar refractivity (Wildman–Crippen MR) is 123 cm³/mol. The summed E-state index contributed by atoms with van der Waals surface area (Å²) >= 11 is 6.29. The Hall–Kier alpha value is -3.18. The number of anilines is 2. The predicted octanol–water partition coefficient (Wildman–Crippen LogP) is 5.08. The second-order valence-corrected chi connectivity index (χ2v) is 8.30. The highest BCUT2D eigenvalue weighted by Crippen LogP contribution is 2.45. The average molecular weight is 420 g/mol. The smallest absolute Gasteiger partial charge is 0.274 e. The van der Waals surface area contributed by atoms with Crippen LogP contribution in [-0.4, -0.2) is 42.5 Å². The lowest BCUT2D eigenvalue weighted by Gasteiger charge is -2.17. The molecule has 0 bridgehead atoms. The molecule has 0 saturated heterocycles. The summed E-state index contributed by atoms with van der Waals surface area (Å²) in [5, 5.41) is 13.3. The summed E-state index contributed by atoms with van der Waals surface area (Å²) in [7, 11) is 3.98. The number of fused-ring (bicyclic) bond motifs is 4. The highest BCUT2D eigenvalue weighted by atomic mass is 35.5. The quantitative estimate of drug-likeness (QED) is 0.455. The summed E-state index contributed by atoms with van der Waals surface area (Å²) in [4.78, 5) is 20.5. The van der Waals surface area contributed by atoms with Crippen LogP contribution in [0.15, 0.2) is 54.6 Å². The number of hydrogen-bond donors (Lipinski definition) is 2. The number of carbonyl (C=O) groups excluding carboxylic acids is 1. The largest absolute Gasteiger partial charge is 0.507 e. The number of aromatic amines is 1. The number of hydrogen-bond acceptors (Lipinski definition) is 3. The zero-order valence-electron chi connectivity index (χ0n) is 16.8. The number of alkyl halides is 1. The summed E-state index contributed by atoms with van der Waals surface area (Å²) in [6.45, 7) is 0.490. The lowest BCUT2D eigenvalue weighted by atomic mass is 9.95. The van der Waals surface area contributed by atoms with Gasteiger partial charge in [-0.25, -0.2) is 0 Å². The van der Waals surface area contributed by atoms with Crippen molar-refractivity contribution in [1.29, 1.82) is 0 Å². The topological polar surface area (TPSA) is 59.6 Å². The molecule has 0 unspecified atom stereocenters. The van der Waals surface area contributed by atoms with Gasteiger partial charge >= 0.3 is 0 Å². The molecule has 2 N–H and O–H groups in total. The van der Waals surface area contributed by atoms with E-state index >= 15 is 0 Å². The Kier molecular flexibility index (Phi) is 4.36. The first-order chi connectivity index (χ1) is 14.5. The number of phenolic OH excluding ortho intramolecular Hbond substituents is 1. The number of carbonyl (C=O) groups is 1. The maximum atomic E-state index is 13.5. The Morgan fingerprint density at radius 1 is 1.17 bits per heavy atom. The number of aromatic nitrogens is 1. The Balaban J connectivity index is 1.61. The summed E-state index contributed by atoms with van der Waals surface area (Å²) < 4.78 is 0. The first-order valence-corrected chi connectivity index (χ1v) is 10.4. The van der Waals surface area contributed by atoms with Gasteiger partial charge < -0.3 is 19.9 Å². The van der Waals surface area contributed by atoms with Crippen molar-refractivity contribution >= 4 is 50.6 Å². The fraction of sp³-hybridized carbons (Fsp3) is 0.208. The molecule has 2 heterocycles. The van der Waals surface area contributed by atoms with Gasteiger partial charge in [0.1, 0.15) is 11.4 Å². The Morgan fingerprint density at radius 3 is 2.67 bits per heavy atom. The number of aromatic hydroxyl groups is 1. The van der Waals surface area contributed by atoms with Crippen molar-refractivity contribution in [3.05, 3.63) is 65.9 Å². The maximum absolute atomic E-state index is 13.5. The van der Waals surface area contributed by atoms with E-state index in [0.717, 1.165) is 38.6 Å². The van der Waals surface area contributed by atoms with E-state index in [2.05, 4.69) is 11.1 Å². The maximum Gasteiger partial charge on any atom is 0.274 e. The highest BCUT2D eigenvalue weighted by molar-refractivity contribution is 6.19. The van der Waals surface area contributed by atoms with Crippen LogP contribution in [0.1, 0.15) is 22.0 Å². The number of amides is 1. The minimum atomic E-state index is -0.124. The Morgan fingerprint density at radius 2 is 1.93 bits per heavy atom. The van der Waals surface area contributed by atoms with E-state index in [-0.39, 0.29) is 17.6 Å². The highest BCUT2D eigenvalue weighted by Gasteiger charge is 2.35. The third kappa shape index (κ3) is 2.81. The average Bonchev–Trinajstić information content (AvgIpc) is 3.34. The van der Waals surface area contributed by atoms with Gasteiger partial charge in [-0.15, -0.1) is 11.6 Å². The normalized spacial score (nSPS) is 15.7. The molecule has 152 valence electrons. The SMILES string of the molecule is CN(C)c1ccc2[nH]c(C(=O)N3C[C@@H](CCl)c4c3cc(O)c3ccccc43)cc2c1. The molecule has 0 saturated carbocycles. The van der Waals surface area contributed by atoms with Crippen molar-refractivity contribution < 1.29 is 9.90 Å². The van der Waals surface area contributed by atoms with Crippen LogP contribution in [0.2, 0.25) is 0 Å². The molecule has 1 aliphatic rings. The van der Waals surface area contributed by atoms with E-state index in [4.69, 9.17) is 11.6 Å². The third-order valence-corrected chi connectivity index (χ3v) is 6.30. The van der Waals surface area contributed by atoms with Crippen LogP contribution in [0.25, 0.3) is 21.7 Å². The number of benzene rings is 3. The lowest BCUT2D eigenvalue weighted by molar-refractivity contribution is 0.0984. The van der Waals surface area contributed by atoms with Crippen LogP contribution in [0.5, 0.6) is 5.75 Å². The van der Waals surface area contributed by atoms with Crippen molar-refractivity contribution in [3.8, 4) is 5.75 Å². The van der Waals surface area contributed by atoms with Gasteiger partial charge in [0, 0.05) is 60.5 Å². The molecule has 1 aromatic heterocycles. The van der Waals surface area contributed by atoms with Gasteiger partial charge in [0.05, 0.1) is 5.69 Å². The second-order valence-electron chi connectivity index (χ2n) is 7.99. The molecular weight excluding hydrogens is 398 g/mol. The van der Waals surface area contributed by atoms with E-state index in [0.29, 0.717) is 18.1 Å². The molecule has 30 heavy (non-hydrogen) atoms. The number of nitrogens with zero attached hydrogens (tertiary/aromatic N) is 2. The molecule has 0 spiro atoms. The van der Waals surface area contributed by atoms with Gasteiger partial charge in [0.2, 0.25) is 0 Å². The van der Waals surface area contributed by atoms with Crippen LogP contribution in [0.4, 0.5) is 11.4 Å². The zero-order valence-corrected chi connectivity index (χ0v) is 17.6. The molecule has 1 amide bonds. The lowest BCUT2D eigenvalue weighted by Crippen LogP contribution is -2.30. The van der Waals surface area contributed by atoms with Gasteiger partial charge in [0.15, 0.2) is 0 Å². The molecule has 0 aliphatic carbocycles. The van der Waals surface area contributed by atoms with Gasteiger partial charge in [-0.05, 0) is 35.2 Å². The van der Waals surface area contributed by atoms with Crippen LogP contribution < -0.4 is 9.80 Å². The molecule has 0 radical (unpaired) electrons. The summed E-state index contributed by atoms with van der Waals surface area (Å²) in [5.41, 5.74) is 4.27. The van der Waals surface area contributed by atoms with Gasteiger partial charge in [-0.1, -0.05) is 24.3 Å². The van der Waals surface area contributed by atoms with E-state index < -0.39 is 0 Å². The van der Waals surface area contributed by atoms with Gasteiger partial charge in [-0.2, -0.15) is 0 Å². The van der Waals surface area contributed by atoms with Crippen molar-refractivity contribution in [3.63, 3.8) is 0 Å². The fourth-order valence-electron chi connectivity index (χ4n) is 4.40. The zero-order chi connectivity index (χ0) is 21.0. The molecule has 4 aromatic rings. The van der Waals surface area contributed by atoms with E-state index in [1.54, 1.807) is 11.0 Å². The molecule has 1 atom stereocenters. The molecule has 5 rings (SSSR count). The number of phenols is 1. The molecule has 5 nitrogen and oxygen atoms in total. The molecule has 0 fully saturated rings. The molecular formula is C24H22ClN3O2. The van der Waals surface area contributed by atoms with Crippen LogP contribution in [-0.2, 0) is 0 Å². The second kappa shape index (κ2) is 6.96. The van der Waals surface area contributed by atoms with Gasteiger partial charge in [-0.3, -0.25) is 4.79 Å². The minimum Gasteiger partial charge on any atom is -0.507 e. The minimum absolute atomic E-state index is 0.0147. The van der Waals surface area contributed by atoms with Crippen LogP contribution in [0, 0.1) is 0 Å². The monoisotopic (exact) mass is 419 g/mol. The Labute approximate surface area is 179 Å². The van der Waals surface area contributed by atoms with E-state index in [1.165, 1.54) is 0 Å². The van der Waals surface area contributed by atoms with Crippen LogP contribution >= 0.6 is 11.6 Å². The van der Waals surface area contributed by atoms with Crippen LogP contribution in [0.3, 0.4) is 0 Å². The summed E-state index contributed by atoms with van der Waals surface area (Å²) in [6.07, 6.45) is 0. The third-order valence-electron chi connectivity index (χ3n) is 5.93. The van der Waals surface area contributed by atoms with Crippen molar-refractivity contribution in [2.75, 3.05) is 36.3 Å².